The van der Waals surface area contributed by atoms with Crippen LogP contribution in [-0.4, -0.2) is 76.6 Å². The largest absolute Gasteiger partial charge is 0.497 e. The molecule has 2 aliphatic rings. The maximum absolute atomic E-state index is 13.7. The fourth-order valence-corrected chi connectivity index (χ4v) is 8.06. The van der Waals surface area contributed by atoms with Crippen LogP contribution in [0.15, 0.2) is 52.3 Å². The second kappa shape index (κ2) is 12.5. The van der Waals surface area contributed by atoms with Gasteiger partial charge in [-0.1, -0.05) is 31.6 Å². The third kappa shape index (κ3) is 6.47. The number of aliphatic hydroxyl groups is 1. The summed E-state index contributed by atoms with van der Waals surface area (Å²) in [6.07, 6.45) is 3.77. The van der Waals surface area contributed by atoms with Gasteiger partial charge in [0, 0.05) is 37.0 Å². The van der Waals surface area contributed by atoms with E-state index in [1.807, 2.05) is 6.92 Å². The van der Waals surface area contributed by atoms with E-state index in [1.54, 1.807) is 31.2 Å². The van der Waals surface area contributed by atoms with Crippen LogP contribution in [0.3, 0.4) is 0 Å². The highest BCUT2D eigenvalue weighted by Crippen LogP contribution is 2.35. The molecule has 1 fully saturated rings. The van der Waals surface area contributed by atoms with E-state index in [1.165, 1.54) is 41.0 Å². The average molecular weight is 591 g/mol. The summed E-state index contributed by atoms with van der Waals surface area (Å²) in [4.78, 5) is 0.0778. The van der Waals surface area contributed by atoms with Crippen molar-refractivity contribution in [2.45, 2.75) is 61.5 Å². The Hall–Kier alpha value is -2.62. The van der Waals surface area contributed by atoms with Crippen molar-refractivity contribution in [2.75, 3.05) is 33.9 Å². The van der Waals surface area contributed by atoms with Crippen LogP contribution < -0.4 is 9.47 Å². The van der Waals surface area contributed by atoms with Crippen LogP contribution in [0.1, 0.15) is 45.1 Å². The standard InChI is InChI=1S/C29H38N2O7S2/c1-21-18-31(22(2)20-32)40(35,36)29-16-11-24(10-9-23-7-5-6-8-23)17-27(29)38-28(21)19-30(3)39(33,34)26-14-12-25(37-4)13-15-26/h11-17,21-23,28,32H,5-8,18-20H2,1-4H3/t21-,22+,28+/m1/s1. The molecule has 4 rings (SSSR count). The molecule has 0 spiro atoms. The predicted octanol–water partition coefficient (Wildman–Crippen LogP) is 3.33. The minimum absolute atomic E-state index is 0.0195. The summed E-state index contributed by atoms with van der Waals surface area (Å²) >= 11 is 0. The number of ether oxygens (including phenoxy) is 2. The lowest BCUT2D eigenvalue weighted by atomic mass is 10.0. The van der Waals surface area contributed by atoms with E-state index < -0.39 is 38.1 Å². The van der Waals surface area contributed by atoms with Crippen LogP contribution in [0.5, 0.6) is 11.5 Å². The van der Waals surface area contributed by atoms with Gasteiger partial charge in [0.15, 0.2) is 0 Å². The molecule has 11 heteroatoms. The highest BCUT2D eigenvalue weighted by molar-refractivity contribution is 7.89. The van der Waals surface area contributed by atoms with Gasteiger partial charge in [0.05, 0.1) is 25.2 Å². The van der Waals surface area contributed by atoms with E-state index >= 15 is 0 Å². The molecule has 3 atom stereocenters. The Kier molecular flexibility index (Phi) is 9.47. The number of hydrogen-bond donors (Lipinski definition) is 1. The van der Waals surface area contributed by atoms with E-state index in [0.717, 1.165) is 25.7 Å². The molecule has 40 heavy (non-hydrogen) atoms. The number of nitrogens with zero attached hydrogens (tertiary/aromatic N) is 2. The smallest absolute Gasteiger partial charge is 0.247 e. The molecule has 2 aromatic carbocycles. The number of likely N-dealkylation sites (N-methyl/N-ethyl adjacent to an activating group) is 1. The Morgan fingerprint density at radius 1 is 1.18 bits per heavy atom. The Balaban J connectivity index is 1.70. The molecule has 0 bridgehead atoms. The van der Waals surface area contributed by atoms with E-state index in [9.17, 15) is 21.9 Å². The summed E-state index contributed by atoms with van der Waals surface area (Å²) in [6.45, 7) is 3.13. The first-order valence-electron chi connectivity index (χ1n) is 13.5. The summed E-state index contributed by atoms with van der Waals surface area (Å²) in [7, 11) is -4.89. The molecule has 0 saturated heterocycles. The van der Waals surface area contributed by atoms with E-state index in [2.05, 4.69) is 11.8 Å². The molecule has 1 saturated carbocycles. The Labute approximate surface area is 238 Å². The Morgan fingerprint density at radius 3 is 2.48 bits per heavy atom. The van der Waals surface area contributed by atoms with Gasteiger partial charge in [0.25, 0.3) is 0 Å². The third-order valence-corrected chi connectivity index (χ3v) is 11.5. The van der Waals surface area contributed by atoms with Crippen molar-refractivity contribution in [2.24, 2.45) is 11.8 Å². The third-order valence-electron chi connectivity index (χ3n) is 7.65. The van der Waals surface area contributed by atoms with E-state index in [-0.39, 0.29) is 35.2 Å². The van der Waals surface area contributed by atoms with Crippen LogP contribution in [0, 0.1) is 23.7 Å². The van der Waals surface area contributed by atoms with Crippen molar-refractivity contribution >= 4 is 20.0 Å². The lowest BCUT2D eigenvalue weighted by Crippen LogP contribution is -2.50. The molecule has 9 nitrogen and oxygen atoms in total. The zero-order valence-corrected chi connectivity index (χ0v) is 25.0. The number of benzene rings is 2. The molecule has 0 amide bonds. The molecular weight excluding hydrogens is 552 g/mol. The van der Waals surface area contributed by atoms with Crippen molar-refractivity contribution in [1.29, 1.82) is 0 Å². The van der Waals surface area contributed by atoms with Gasteiger partial charge >= 0.3 is 0 Å². The number of hydrogen-bond acceptors (Lipinski definition) is 7. The number of methoxy groups -OCH3 is 1. The number of aliphatic hydroxyl groups excluding tert-OH is 1. The maximum atomic E-state index is 13.7. The van der Waals surface area contributed by atoms with Crippen molar-refractivity contribution in [3.05, 3.63) is 48.0 Å². The number of rotatable bonds is 7. The zero-order chi connectivity index (χ0) is 29.1. The normalized spacial score (nSPS) is 22.4. The van der Waals surface area contributed by atoms with Gasteiger partial charge in [-0.05, 0) is 62.2 Å². The molecule has 218 valence electrons. The second-order valence-corrected chi connectivity index (χ2v) is 14.5. The topological polar surface area (TPSA) is 113 Å². The molecule has 0 radical (unpaired) electrons. The molecule has 1 heterocycles. The van der Waals surface area contributed by atoms with Gasteiger partial charge in [-0.15, -0.1) is 0 Å². The highest BCUT2D eigenvalue weighted by Gasteiger charge is 2.39. The molecule has 0 aromatic heterocycles. The number of sulfonamides is 2. The second-order valence-electron chi connectivity index (χ2n) is 10.6. The molecular formula is C29H38N2O7S2. The molecule has 2 aromatic rings. The SMILES string of the molecule is COc1ccc(S(=O)(=O)N(C)C[C@@H]2Oc3cc(C#CC4CCCC4)ccc3S(=O)(=O)N([C@@H](C)CO)C[C@H]2C)cc1. The van der Waals surface area contributed by atoms with Gasteiger partial charge in [-0.3, -0.25) is 0 Å². The summed E-state index contributed by atoms with van der Waals surface area (Å²) in [5.41, 5.74) is 0.633. The summed E-state index contributed by atoms with van der Waals surface area (Å²) < 4.78 is 68.1. The first-order valence-corrected chi connectivity index (χ1v) is 16.4. The summed E-state index contributed by atoms with van der Waals surface area (Å²) in [6, 6.07) is 10.2. The monoisotopic (exact) mass is 590 g/mol. The molecule has 0 unspecified atom stereocenters. The highest BCUT2D eigenvalue weighted by atomic mass is 32.2. The van der Waals surface area contributed by atoms with Gasteiger partial charge < -0.3 is 14.6 Å². The van der Waals surface area contributed by atoms with Gasteiger partial charge in [0.1, 0.15) is 22.5 Å². The number of fused-ring (bicyclic) bond motifs is 1. The fourth-order valence-electron chi connectivity index (χ4n) is 5.06. The average Bonchev–Trinajstić information content (AvgIpc) is 3.47. The Morgan fingerprint density at radius 2 is 1.85 bits per heavy atom. The van der Waals surface area contributed by atoms with Gasteiger partial charge in [0.2, 0.25) is 20.0 Å². The maximum Gasteiger partial charge on any atom is 0.247 e. The predicted molar refractivity (Wildman–Crippen MR) is 152 cm³/mol. The van der Waals surface area contributed by atoms with Crippen molar-refractivity contribution in [1.82, 2.24) is 8.61 Å². The van der Waals surface area contributed by atoms with Gasteiger partial charge in [-0.25, -0.2) is 16.8 Å². The summed E-state index contributed by atoms with van der Waals surface area (Å²) in [5, 5.41) is 9.86. The first kappa shape index (κ1) is 30.3. The van der Waals surface area contributed by atoms with Crippen LogP contribution in [0.2, 0.25) is 0 Å². The Bertz CT molecular complexity index is 1460. The van der Waals surface area contributed by atoms with Crippen LogP contribution in [0.25, 0.3) is 0 Å². The summed E-state index contributed by atoms with van der Waals surface area (Å²) in [5.74, 6) is 7.06. The minimum atomic E-state index is -4.01. The van der Waals surface area contributed by atoms with Crippen molar-refractivity contribution in [3.8, 4) is 23.3 Å². The van der Waals surface area contributed by atoms with E-state index in [4.69, 9.17) is 9.47 Å². The molecule has 1 aliphatic carbocycles. The van der Waals surface area contributed by atoms with Gasteiger partial charge in [-0.2, -0.15) is 8.61 Å². The van der Waals surface area contributed by atoms with Crippen LogP contribution in [0.4, 0.5) is 0 Å². The van der Waals surface area contributed by atoms with Crippen molar-refractivity contribution in [3.63, 3.8) is 0 Å². The first-order chi connectivity index (χ1) is 19.0. The van der Waals surface area contributed by atoms with Crippen molar-refractivity contribution < 1.29 is 31.4 Å². The lowest BCUT2D eigenvalue weighted by molar-refractivity contribution is 0.0904. The fraction of sp³-hybridized carbons (Fsp3) is 0.517. The lowest BCUT2D eigenvalue weighted by Gasteiger charge is -2.37. The minimum Gasteiger partial charge on any atom is -0.497 e. The quantitative estimate of drug-likeness (QED) is 0.492. The van der Waals surface area contributed by atoms with E-state index in [0.29, 0.717) is 17.2 Å². The zero-order valence-electron chi connectivity index (χ0n) is 23.4. The molecule has 1 aliphatic heterocycles. The van der Waals surface area contributed by atoms with Crippen LogP contribution >= 0.6 is 0 Å². The molecule has 1 N–H and O–H groups in total. The van der Waals surface area contributed by atoms with Crippen LogP contribution in [-0.2, 0) is 20.0 Å².